The van der Waals surface area contributed by atoms with E-state index in [-0.39, 0.29) is 17.4 Å². The molecule has 1 saturated heterocycles. The minimum Gasteiger partial charge on any atom is -0.506 e. The van der Waals surface area contributed by atoms with Gasteiger partial charge in [0.1, 0.15) is 11.8 Å². The summed E-state index contributed by atoms with van der Waals surface area (Å²) in [6.45, 7) is 0.942. The fourth-order valence-electron chi connectivity index (χ4n) is 3.96. The van der Waals surface area contributed by atoms with Crippen LogP contribution in [0.3, 0.4) is 0 Å². The molecule has 0 spiro atoms. The van der Waals surface area contributed by atoms with Crippen LogP contribution in [-0.4, -0.2) is 45.6 Å². The molecule has 4 rings (SSSR count). The SMILES string of the molecule is O=C(N[C@@H]1C[C@@H](C(=O)O)N(Cc2ccccc2)C1)c1ccc2ccccc2c1O. The van der Waals surface area contributed by atoms with Gasteiger partial charge in [-0.25, -0.2) is 0 Å². The first-order chi connectivity index (χ1) is 14.0. The van der Waals surface area contributed by atoms with Gasteiger partial charge in [0.15, 0.2) is 0 Å². The molecule has 0 saturated carbocycles. The number of carbonyl (C=O) groups excluding carboxylic acids is 1. The third-order valence-electron chi connectivity index (χ3n) is 5.40. The van der Waals surface area contributed by atoms with Crippen LogP contribution >= 0.6 is 0 Å². The molecular formula is C23H22N2O4. The number of likely N-dealkylation sites (tertiary alicyclic amines) is 1. The Morgan fingerprint density at radius 1 is 1.00 bits per heavy atom. The van der Waals surface area contributed by atoms with E-state index >= 15 is 0 Å². The van der Waals surface area contributed by atoms with Gasteiger partial charge in [0.05, 0.1) is 5.56 Å². The Labute approximate surface area is 168 Å². The number of rotatable bonds is 5. The molecule has 6 heteroatoms. The molecule has 1 heterocycles. The quantitative estimate of drug-likeness (QED) is 0.623. The summed E-state index contributed by atoms with van der Waals surface area (Å²) in [5.74, 6) is -1.36. The van der Waals surface area contributed by atoms with Crippen molar-refractivity contribution in [1.29, 1.82) is 0 Å². The first-order valence-corrected chi connectivity index (χ1v) is 9.55. The number of carboxylic acids is 1. The zero-order valence-electron chi connectivity index (χ0n) is 15.8. The van der Waals surface area contributed by atoms with Crippen molar-refractivity contribution in [2.24, 2.45) is 0 Å². The van der Waals surface area contributed by atoms with Crippen LogP contribution in [0.15, 0.2) is 66.7 Å². The zero-order chi connectivity index (χ0) is 20.4. The van der Waals surface area contributed by atoms with Gasteiger partial charge in [0, 0.05) is 24.5 Å². The van der Waals surface area contributed by atoms with E-state index < -0.39 is 17.9 Å². The largest absolute Gasteiger partial charge is 0.506 e. The second-order valence-corrected chi connectivity index (χ2v) is 7.36. The highest BCUT2D eigenvalue weighted by Gasteiger charge is 2.37. The number of amides is 1. The highest BCUT2D eigenvalue weighted by atomic mass is 16.4. The van der Waals surface area contributed by atoms with E-state index in [4.69, 9.17) is 0 Å². The number of benzene rings is 3. The maximum atomic E-state index is 12.8. The number of hydrogen-bond donors (Lipinski definition) is 3. The topological polar surface area (TPSA) is 89.9 Å². The Morgan fingerprint density at radius 2 is 1.72 bits per heavy atom. The normalized spacial score (nSPS) is 19.3. The standard InChI is InChI=1S/C23H22N2O4/c26-21-18-9-5-4-8-16(18)10-11-19(21)22(27)24-17-12-20(23(28)29)25(14-17)13-15-6-2-1-3-7-15/h1-11,17,20,26H,12-14H2,(H,24,27)(H,28,29)/t17-,20+/m1/s1. The molecule has 0 radical (unpaired) electrons. The van der Waals surface area contributed by atoms with Crippen LogP contribution in [0.2, 0.25) is 0 Å². The summed E-state index contributed by atoms with van der Waals surface area (Å²) in [7, 11) is 0. The summed E-state index contributed by atoms with van der Waals surface area (Å²) in [6, 6.07) is 19.4. The van der Waals surface area contributed by atoms with Crippen molar-refractivity contribution in [2.75, 3.05) is 6.54 Å². The number of fused-ring (bicyclic) bond motifs is 1. The summed E-state index contributed by atoms with van der Waals surface area (Å²) >= 11 is 0. The smallest absolute Gasteiger partial charge is 0.321 e. The molecule has 0 unspecified atom stereocenters. The Balaban J connectivity index is 1.50. The Bertz CT molecular complexity index is 1050. The van der Waals surface area contributed by atoms with Crippen LogP contribution in [-0.2, 0) is 11.3 Å². The molecule has 3 aromatic carbocycles. The zero-order valence-corrected chi connectivity index (χ0v) is 15.8. The van der Waals surface area contributed by atoms with E-state index in [1.165, 1.54) is 0 Å². The lowest BCUT2D eigenvalue weighted by Gasteiger charge is -2.21. The van der Waals surface area contributed by atoms with E-state index in [1.807, 2.05) is 47.4 Å². The van der Waals surface area contributed by atoms with Crippen LogP contribution in [0.5, 0.6) is 5.75 Å². The lowest BCUT2D eigenvalue weighted by atomic mass is 10.0. The fourth-order valence-corrected chi connectivity index (χ4v) is 3.96. The molecule has 0 aromatic heterocycles. The lowest BCUT2D eigenvalue weighted by Crippen LogP contribution is -2.37. The first kappa shape index (κ1) is 19.0. The Morgan fingerprint density at radius 3 is 2.48 bits per heavy atom. The molecule has 3 aromatic rings. The summed E-state index contributed by atoms with van der Waals surface area (Å²) in [5.41, 5.74) is 1.22. The van der Waals surface area contributed by atoms with Crippen LogP contribution in [0, 0.1) is 0 Å². The predicted molar refractivity (Wildman–Crippen MR) is 110 cm³/mol. The second-order valence-electron chi connectivity index (χ2n) is 7.36. The number of carbonyl (C=O) groups is 2. The van der Waals surface area contributed by atoms with Gasteiger partial charge < -0.3 is 15.5 Å². The van der Waals surface area contributed by atoms with Gasteiger partial charge >= 0.3 is 5.97 Å². The summed E-state index contributed by atoms with van der Waals surface area (Å²) in [4.78, 5) is 26.3. The molecule has 0 bridgehead atoms. The van der Waals surface area contributed by atoms with Crippen LogP contribution in [0.4, 0.5) is 0 Å². The Kier molecular flexibility index (Phi) is 5.18. The Hall–Kier alpha value is -3.38. The number of aromatic hydroxyl groups is 1. The minimum atomic E-state index is -0.897. The van der Waals surface area contributed by atoms with Crippen LogP contribution < -0.4 is 5.32 Å². The number of nitrogens with zero attached hydrogens (tertiary/aromatic N) is 1. The van der Waals surface area contributed by atoms with E-state index in [0.717, 1.165) is 10.9 Å². The number of carboxylic acid groups (broad SMARTS) is 1. The molecule has 1 fully saturated rings. The first-order valence-electron chi connectivity index (χ1n) is 9.55. The predicted octanol–water partition coefficient (Wildman–Crippen LogP) is 3.00. The number of aliphatic carboxylic acids is 1. The minimum absolute atomic E-state index is 0.0606. The highest BCUT2D eigenvalue weighted by molar-refractivity contribution is 6.03. The number of phenols is 1. The van der Waals surface area contributed by atoms with Gasteiger partial charge in [-0.05, 0) is 23.4 Å². The molecule has 6 nitrogen and oxygen atoms in total. The van der Waals surface area contributed by atoms with E-state index in [9.17, 15) is 19.8 Å². The maximum absolute atomic E-state index is 12.8. The second kappa shape index (κ2) is 7.93. The number of hydrogen-bond acceptors (Lipinski definition) is 4. The number of nitrogens with one attached hydrogen (secondary N) is 1. The van der Waals surface area contributed by atoms with Crippen molar-refractivity contribution in [3.05, 3.63) is 77.9 Å². The molecule has 29 heavy (non-hydrogen) atoms. The van der Waals surface area contributed by atoms with Gasteiger partial charge in [-0.1, -0.05) is 60.7 Å². The van der Waals surface area contributed by atoms with Gasteiger partial charge in [-0.3, -0.25) is 14.5 Å². The van der Waals surface area contributed by atoms with Gasteiger partial charge in [-0.2, -0.15) is 0 Å². The lowest BCUT2D eigenvalue weighted by molar-refractivity contribution is -0.142. The number of phenolic OH excluding ortho intramolecular Hbond substituents is 1. The van der Waals surface area contributed by atoms with E-state index in [2.05, 4.69) is 5.32 Å². The van der Waals surface area contributed by atoms with Gasteiger partial charge in [0.25, 0.3) is 5.91 Å². The summed E-state index contributed by atoms with van der Waals surface area (Å²) in [6.07, 6.45) is 0.322. The average molecular weight is 390 g/mol. The fraction of sp³-hybridized carbons (Fsp3) is 0.217. The van der Waals surface area contributed by atoms with Crippen LogP contribution in [0.1, 0.15) is 22.3 Å². The molecule has 3 N–H and O–H groups in total. The molecule has 0 aliphatic carbocycles. The van der Waals surface area contributed by atoms with Crippen molar-refractivity contribution >= 4 is 22.6 Å². The van der Waals surface area contributed by atoms with Crippen molar-refractivity contribution < 1.29 is 19.8 Å². The molecule has 148 valence electrons. The molecule has 1 aliphatic rings. The van der Waals surface area contributed by atoms with Crippen molar-refractivity contribution in [3.8, 4) is 5.75 Å². The molecule has 1 aliphatic heterocycles. The highest BCUT2D eigenvalue weighted by Crippen LogP contribution is 2.29. The van der Waals surface area contributed by atoms with E-state index in [0.29, 0.717) is 24.9 Å². The van der Waals surface area contributed by atoms with E-state index in [1.54, 1.807) is 24.3 Å². The molecular weight excluding hydrogens is 368 g/mol. The van der Waals surface area contributed by atoms with Crippen molar-refractivity contribution in [2.45, 2.75) is 25.0 Å². The molecule has 2 atom stereocenters. The van der Waals surface area contributed by atoms with Crippen LogP contribution in [0.25, 0.3) is 10.8 Å². The van der Waals surface area contributed by atoms with Crippen molar-refractivity contribution in [1.82, 2.24) is 10.2 Å². The monoisotopic (exact) mass is 390 g/mol. The summed E-state index contributed by atoms with van der Waals surface area (Å²) < 4.78 is 0. The maximum Gasteiger partial charge on any atom is 0.321 e. The average Bonchev–Trinajstić information content (AvgIpc) is 3.11. The molecule has 1 amide bonds. The summed E-state index contributed by atoms with van der Waals surface area (Å²) in [5, 5.41) is 24.5. The third kappa shape index (κ3) is 3.93. The van der Waals surface area contributed by atoms with Gasteiger partial charge in [-0.15, -0.1) is 0 Å². The van der Waals surface area contributed by atoms with Gasteiger partial charge in [0.2, 0.25) is 0 Å². The van der Waals surface area contributed by atoms with Crippen molar-refractivity contribution in [3.63, 3.8) is 0 Å². The third-order valence-corrected chi connectivity index (χ3v) is 5.40.